The maximum absolute atomic E-state index is 10.2. The van der Waals surface area contributed by atoms with Gasteiger partial charge < -0.3 is 4.74 Å². The van der Waals surface area contributed by atoms with Crippen molar-refractivity contribution in [2.24, 2.45) is 0 Å². The monoisotopic (exact) mass is 169 g/mol. The van der Waals surface area contributed by atoms with Crippen LogP contribution in [0.25, 0.3) is 0 Å². The number of methoxy groups -OCH3 is 1. The molecule has 0 saturated carbocycles. The number of benzene rings is 1. The molecule has 0 amide bonds. The normalized spacial score (nSPS) is 9.27. The van der Waals surface area contributed by atoms with E-state index < -0.39 is 0 Å². The van der Waals surface area contributed by atoms with Crippen molar-refractivity contribution in [2.45, 2.75) is 0 Å². The Morgan fingerprint density at radius 3 is 2.82 bits per heavy atom. The van der Waals surface area contributed by atoms with Gasteiger partial charge >= 0.3 is 0 Å². The van der Waals surface area contributed by atoms with Crippen molar-refractivity contribution in [3.63, 3.8) is 0 Å². The van der Waals surface area contributed by atoms with Gasteiger partial charge in [-0.25, -0.2) is 0 Å². The average Bonchev–Trinajstić information content (AvgIpc) is 2.05. The van der Waals surface area contributed by atoms with Crippen molar-refractivity contribution in [2.75, 3.05) is 7.11 Å². The molecule has 0 aliphatic rings. The minimum atomic E-state index is 0.310. The van der Waals surface area contributed by atoms with Crippen molar-refractivity contribution >= 4 is 17.9 Å². The summed E-state index contributed by atoms with van der Waals surface area (Å²) in [5.74, 6) is 0.493. The van der Waals surface area contributed by atoms with E-state index in [1.165, 1.54) is 7.11 Å². The van der Waals surface area contributed by atoms with Crippen molar-refractivity contribution in [3.05, 3.63) is 28.8 Å². The van der Waals surface area contributed by atoms with Gasteiger partial charge in [0.25, 0.3) is 0 Å². The van der Waals surface area contributed by atoms with Gasteiger partial charge in [0.2, 0.25) is 6.29 Å². The lowest BCUT2D eigenvalue weighted by atomic mass is 10.2. The van der Waals surface area contributed by atoms with Crippen molar-refractivity contribution in [1.29, 1.82) is 0 Å². The maximum Gasteiger partial charge on any atom is 0.235 e. The van der Waals surface area contributed by atoms with Crippen molar-refractivity contribution < 1.29 is 9.53 Å². The van der Waals surface area contributed by atoms with Crippen LogP contribution in [0.2, 0.25) is 5.02 Å². The smallest absolute Gasteiger partial charge is 0.235 e. The molecule has 0 spiro atoms. The Kier molecular flexibility index (Phi) is 2.49. The first-order valence-corrected chi connectivity index (χ1v) is 3.38. The molecule has 0 aliphatic heterocycles. The summed E-state index contributed by atoms with van der Waals surface area (Å²) in [4.78, 5) is 10.2. The lowest BCUT2D eigenvalue weighted by molar-refractivity contribution is 0.415. The Hall–Kier alpha value is -1.02. The van der Waals surface area contributed by atoms with Crippen LogP contribution in [0.5, 0.6) is 5.75 Å². The van der Waals surface area contributed by atoms with E-state index in [9.17, 15) is 4.79 Å². The van der Waals surface area contributed by atoms with Gasteiger partial charge in [-0.15, -0.1) is 0 Å². The van der Waals surface area contributed by atoms with Crippen molar-refractivity contribution in [1.82, 2.24) is 0 Å². The molecule has 0 aromatic heterocycles. The first-order chi connectivity index (χ1) is 5.29. The summed E-state index contributed by atoms with van der Waals surface area (Å²) >= 11 is 5.72. The molecule has 1 aromatic carbocycles. The highest BCUT2D eigenvalue weighted by Gasteiger charge is 2.04. The lowest BCUT2D eigenvalue weighted by Gasteiger charge is -2.02. The number of rotatable bonds is 2. The van der Waals surface area contributed by atoms with Crippen LogP contribution in [0.15, 0.2) is 18.2 Å². The Bertz CT molecular complexity index is 271. The Morgan fingerprint density at radius 2 is 2.27 bits per heavy atom. The fourth-order valence-electron chi connectivity index (χ4n) is 0.747. The second kappa shape index (κ2) is 3.39. The van der Waals surface area contributed by atoms with Gasteiger partial charge in [-0.1, -0.05) is 17.7 Å². The molecule has 1 rings (SSSR count). The topological polar surface area (TPSA) is 26.3 Å². The molecule has 0 aliphatic carbocycles. The highest BCUT2D eigenvalue weighted by molar-refractivity contribution is 6.34. The van der Waals surface area contributed by atoms with E-state index >= 15 is 0 Å². The highest BCUT2D eigenvalue weighted by Crippen LogP contribution is 2.26. The maximum atomic E-state index is 10.2. The fraction of sp³-hybridized carbons (Fsp3) is 0.125. The minimum Gasteiger partial charge on any atom is -0.495 e. The first-order valence-electron chi connectivity index (χ1n) is 3.00. The summed E-state index contributed by atoms with van der Waals surface area (Å²) in [5.41, 5.74) is 0.325. The molecular formula is C8H6ClO2. The van der Waals surface area contributed by atoms with Crippen LogP contribution in [0.1, 0.15) is 5.56 Å². The molecule has 1 radical (unpaired) electrons. The van der Waals surface area contributed by atoms with Gasteiger partial charge in [-0.05, 0) is 12.1 Å². The lowest BCUT2D eigenvalue weighted by Crippen LogP contribution is -1.88. The van der Waals surface area contributed by atoms with Crippen LogP contribution in [0.4, 0.5) is 0 Å². The number of carbonyl (C=O) groups excluding carboxylic acids is 1. The molecule has 11 heavy (non-hydrogen) atoms. The van der Waals surface area contributed by atoms with E-state index in [1.54, 1.807) is 24.5 Å². The van der Waals surface area contributed by atoms with E-state index in [1.807, 2.05) is 0 Å². The zero-order valence-electron chi connectivity index (χ0n) is 5.93. The second-order valence-electron chi connectivity index (χ2n) is 1.92. The SMILES string of the molecule is COc1cccc([C]=O)c1Cl. The van der Waals surface area contributed by atoms with E-state index in [4.69, 9.17) is 16.3 Å². The predicted molar refractivity (Wildman–Crippen MR) is 42.8 cm³/mol. The molecule has 0 N–H and O–H groups in total. The summed E-state index contributed by atoms with van der Waals surface area (Å²) in [7, 11) is 1.50. The molecule has 0 heterocycles. The van der Waals surface area contributed by atoms with E-state index in [2.05, 4.69) is 0 Å². The molecule has 2 nitrogen and oxygen atoms in total. The molecule has 0 bridgehead atoms. The largest absolute Gasteiger partial charge is 0.495 e. The third-order valence-corrected chi connectivity index (χ3v) is 1.68. The second-order valence-corrected chi connectivity index (χ2v) is 2.30. The fourth-order valence-corrected chi connectivity index (χ4v) is 0.989. The summed E-state index contributed by atoms with van der Waals surface area (Å²) in [6.07, 6.45) is 1.71. The molecule has 0 fully saturated rings. The third-order valence-electron chi connectivity index (χ3n) is 1.29. The van der Waals surface area contributed by atoms with Crippen LogP contribution in [-0.2, 0) is 4.79 Å². The van der Waals surface area contributed by atoms with Gasteiger partial charge in [-0.3, -0.25) is 4.79 Å². The first kappa shape index (κ1) is 8.08. The quantitative estimate of drug-likeness (QED) is 0.675. The zero-order valence-corrected chi connectivity index (χ0v) is 6.68. The van der Waals surface area contributed by atoms with Crippen LogP contribution in [0, 0.1) is 0 Å². The van der Waals surface area contributed by atoms with Gasteiger partial charge in [-0.2, -0.15) is 0 Å². The molecule has 57 valence electrons. The van der Waals surface area contributed by atoms with Crippen LogP contribution < -0.4 is 4.74 Å². The van der Waals surface area contributed by atoms with Crippen LogP contribution in [0.3, 0.4) is 0 Å². The number of ether oxygens (including phenoxy) is 1. The third kappa shape index (κ3) is 1.52. The summed E-state index contributed by atoms with van der Waals surface area (Å²) in [6, 6.07) is 4.95. The van der Waals surface area contributed by atoms with E-state index in [-0.39, 0.29) is 0 Å². The summed E-state index contributed by atoms with van der Waals surface area (Å²) < 4.78 is 4.88. The molecule has 3 heteroatoms. The predicted octanol–water partition coefficient (Wildman–Crippen LogP) is 1.81. The minimum absolute atomic E-state index is 0.310. The zero-order chi connectivity index (χ0) is 8.27. The van der Waals surface area contributed by atoms with Gasteiger partial charge in [0, 0.05) is 5.56 Å². The highest BCUT2D eigenvalue weighted by atomic mass is 35.5. The molecule has 0 atom stereocenters. The Balaban J connectivity index is 3.20. The van der Waals surface area contributed by atoms with Gasteiger partial charge in [0.15, 0.2) is 0 Å². The Labute approximate surface area is 69.7 Å². The van der Waals surface area contributed by atoms with Crippen LogP contribution >= 0.6 is 11.6 Å². The summed E-state index contributed by atoms with van der Waals surface area (Å²) in [5, 5.41) is 0.310. The van der Waals surface area contributed by atoms with E-state index in [0.29, 0.717) is 16.3 Å². The number of halogens is 1. The molecule has 0 unspecified atom stereocenters. The molecule has 0 saturated heterocycles. The van der Waals surface area contributed by atoms with Crippen molar-refractivity contribution in [3.8, 4) is 5.75 Å². The molecular weight excluding hydrogens is 164 g/mol. The van der Waals surface area contributed by atoms with Crippen LogP contribution in [-0.4, -0.2) is 13.4 Å². The van der Waals surface area contributed by atoms with Gasteiger partial charge in [0.05, 0.1) is 12.1 Å². The summed E-state index contributed by atoms with van der Waals surface area (Å²) in [6.45, 7) is 0. The van der Waals surface area contributed by atoms with E-state index in [0.717, 1.165) is 0 Å². The standard InChI is InChI=1S/C8H6ClO2/c1-11-7-4-2-3-6(5-10)8(7)9/h2-4H,1H3. The van der Waals surface area contributed by atoms with Gasteiger partial charge in [0.1, 0.15) is 5.75 Å². The number of hydrogen-bond acceptors (Lipinski definition) is 2. The average molecular weight is 170 g/mol. The Morgan fingerprint density at radius 1 is 1.55 bits per heavy atom. The molecule has 1 aromatic rings. The number of hydrogen-bond donors (Lipinski definition) is 0.